The first-order valence-electron chi connectivity index (χ1n) is 12.1. The van der Waals surface area contributed by atoms with Crippen molar-refractivity contribution in [3.63, 3.8) is 0 Å². The number of carbonyl (C=O) groups is 1. The summed E-state index contributed by atoms with van der Waals surface area (Å²) in [5, 5.41) is 13.4. The van der Waals surface area contributed by atoms with Crippen LogP contribution in [0.15, 0.2) is 115 Å². The lowest BCUT2D eigenvalue weighted by atomic mass is 10.1. The molecule has 0 saturated carbocycles. The highest BCUT2D eigenvalue weighted by molar-refractivity contribution is 6.10. The molecule has 0 fully saturated rings. The normalized spacial score (nSPS) is 11.2. The van der Waals surface area contributed by atoms with Crippen molar-refractivity contribution in [3.8, 4) is 11.8 Å². The average molecular weight is 502 g/mol. The molecule has 1 heterocycles. The van der Waals surface area contributed by atoms with Crippen LogP contribution in [0.25, 0.3) is 17.0 Å². The topological polar surface area (TPSA) is 67.0 Å². The molecule has 5 nitrogen and oxygen atoms in total. The van der Waals surface area contributed by atoms with Gasteiger partial charge in [-0.05, 0) is 59.7 Å². The predicted octanol–water partition coefficient (Wildman–Crippen LogP) is 6.95. The molecule has 5 aromatic rings. The number of anilines is 1. The number of para-hydroxylation sites is 1. The standard InChI is InChI=1S/C32H24FN3O2/c33-27-10-6-9-24(17-27)20-36-21-26(30-11-4-5-12-31(30)36)18-25(19-34)32(37)35-28-13-15-29(16-14-28)38-22-23-7-2-1-3-8-23/h1-18,21H,20,22H2,(H,35,37)/b25-18+. The van der Waals surface area contributed by atoms with Crippen LogP contribution in [0.2, 0.25) is 0 Å². The van der Waals surface area contributed by atoms with Gasteiger partial charge in [-0.3, -0.25) is 4.79 Å². The molecule has 5 rings (SSSR count). The summed E-state index contributed by atoms with van der Waals surface area (Å²) in [5.74, 6) is -0.125. The average Bonchev–Trinajstić information content (AvgIpc) is 3.28. The molecular formula is C32H24FN3O2. The molecule has 0 radical (unpaired) electrons. The van der Waals surface area contributed by atoms with Crippen molar-refractivity contribution >= 4 is 28.6 Å². The van der Waals surface area contributed by atoms with Crippen LogP contribution >= 0.6 is 0 Å². The lowest BCUT2D eigenvalue weighted by molar-refractivity contribution is -0.112. The van der Waals surface area contributed by atoms with Crippen molar-refractivity contribution in [2.24, 2.45) is 0 Å². The monoisotopic (exact) mass is 501 g/mol. The van der Waals surface area contributed by atoms with Gasteiger partial charge in [-0.15, -0.1) is 0 Å². The number of nitrogens with zero attached hydrogens (tertiary/aromatic N) is 2. The molecule has 0 aliphatic heterocycles. The Kier molecular flexibility index (Phi) is 7.28. The maximum Gasteiger partial charge on any atom is 0.266 e. The lowest BCUT2D eigenvalue weighted by Crippen LogP contribution is -2.13. The van der Waals surface area contributed by atoms with Gasteiger partial charge in [0.15, 0.2) is 0 Å². The second-order valence-corrected chi connectivity index (χ2v) is 8.78. The van der Waals surface area contributed by atoms with Crippen LogP contribution in [-0.4, -0.2) is 10.5 Å². The van der Waals surface area contributed by atoms with Crippen LogP contribution in [0, 0.1) is 17.1 Å². The highest BCUT2D eigenvalue weighted by Gasteiger charge is 2.13. The van der Waals surface area contributed by atoms with Gasteiger partial charge in [-0.1, -0.05) is 60.7 Å². The summed E-state index contributed by atoms with van der Waals surface area (Å²) in [6.45, 7) is 0.902. The van der Waals surface area contributed by atoms with Crippen LogP contribution in [0.1, 0.15) is 16.7 Å². The maximum absolute atomic E-state index is 13.7. The molecule has 0 aliphatic rings. The quantitative estimate of drug-likeness (QED) is 0.185. The Morgan fingerprint density at radius 2 is 1.66 bits per heavy atom. The van der Waals surface area contributed by atoms with Crippen LogP contribution in [0.4, 0.5) is 10.1 Å². The van der Waals surface area contributed by atoms with Crippen molar-refractivity contribution in [1.29, 1.82) is 5.26 Å². The number of carbonyl (C=O) groups excluding carboxylic acids is 1. The van der Waals surface area contributed by atoms with E-state index in [2.05, 4.69) is 5.32 Å². The molecule has 0 unspecified atom stereocenters. The molecule has 0 bridgehead atoms. The van der Waals surface area contributed by atoms with Gasteiger partial charge in [0, 0.05) is 34.9 Å². The fourth-order valence-electron chi connectivity index (χ4n) is 4.23. The Morgan fingerprint density at radius 3 is 2.42 bits per heavy atom. The third kappa shape index (κ3) is 5.80. The van der Waals surface area contributed by atoms with Gasteiger partial charge in [0.25, 0.3) is 5.91 Å². The zero-order chi connectivity index (χ0) is 26.3. The summed E-state index contributed by atoms with van der Waals surface area (Å²) < 4.78 is 21.5. The molecule has 0 atom stereocenters. The molecule has 6 heteroatoms. The minimum atomic E-state index is -0.507. The zero-order valence-corrected chi connectivity index (χ0v) is 20.5. The molecule has 1 amide bonds. The summed E-state index contributed by atoms with van der Waals surface area (Å²) in [6, 6.07) is 33.0. The van der Waals surface area contributed by atoms with Crippen molar-refractivity contribution in [1.82, 2.24) is 4.57 Å². The first kappa shape index (κ1) is 24.5. The fourth-order valence-corrected chi connectivity index (χ4v) is 4.23. The SMILES string of the molecule is N#C/C(=C\c1cn(Cc2cccc(F)c2)c2ccccc12)C(=O)Nc1ccc(OCc2ccccc2)cc1. The minimum Gasteiger partial charge on any atom is -0.489 e. The third-order valence-corrected chi connectivity index (χ3v) is 6.09. The number of hydrogen-bond donors (Lipinski definition) is 1. The smallest absolute Gasteiger partial charge is 0.266 e. The Hall–Kier alpha value is -5.15. The predicted molar refractivity (Wildman–Crippen MR) is 147 cm³/mol. The van der Waals surface area contributed by atoms with E-state index in [9.17, 15) is 14.4 Å². The van der Waals surface area contributed by atoms with E-state index in [-0.39, 0.29) is 11.4 Å². The van der Waals surface area contributed by atoms with Crippen LogP contribution < -0.4 is 10.1 Å². The summed E-state index contributed by atoms with van der Waals surface area (Å²) in [6.07, 6.45) is 3.45. The van der Waals surface area contributed by atoms with Crippen LogP contribution in [0.3, 0.4) is 0 Å². The van der Waals surface area contributed by atoms with Crippen molar-refractivity contribution in [3.05, 3.63) is 137 Å². The van der Waals surface area contributed by atoms with Gasteiger partial charge in [0.05, 0.1) is 0 Å². The number of fused-ring (bicyclic) bond motifs is 1. The van der Waals surface area contributed by atoms with Gasteiger partial charge in [-0.25, -0.2) is 4.39 Å². The van der Waals surface area contributed by atoms with E-state index in [1.54, 1.807) is 36.4 Å². The van der Waals surface area contributed by atoms with Crippen molar-refractivity contribution < 1.29 is 13.9 Å². The highest BCUT2D eigenvalue weighted by Crippen LogP contribution is 2.25. The zero-order valence-electron chi connectivity index (χ0n) is 20.5. The Bertz CT molecular complexity index is 1650. The summed E-state index contributed by atoms with van der Waals surface area (Å²) in [7, 11) is 0. The molecular weight excluding hydrogens is 477 g/mol. The Labute approximate surface area is 220 Å². The number of hydrogen-bond acceptors (Lipinski definition) is 3. The van der Waals surface area contributed by atoms with E-state index in [0.29, 0.717) is 24.6 Å². The number of nitriles is 1. The lowest BCUT2D eigenvalue weighted by Gasteiger charge is -2.08. The first-order chi connectivity index (χ1) is 18.6. The molecule has 1 N–H and O–H groups in total. The van der Waals surface area contributed by atoms with E-state index < -0.39 is 5.91 Å². The molecule has 0 spiro atoms. The van der Waals surface area contributed by atoms with Gasteiger partial charge in [0.1, 0.15) is 29.8 Å². The van der Waals surface area contributed by atoms with Gasteiger partial charge >= 0.3 is 0 Å². The molecule has 0 saturated heterocycles. The van der Waals surface area contributed by atoms with E-state index in [0.717, 1.165) is 27.6 Å². The Morgan fingerprint density at radius 1 is 0.921 bits per heavy atom. The van der Waals surface area contributed by atoms with Crippen molar-refractivity contribution in [2.45, 2.75) is 13.2 Å². The number of amides is 1. The number of nitrogens with one attached hydrogen (secondary N) is 1. The number of aromatic nitrogens is 1. The van der Waals surface area contributed by atoms with Crippen LogP contribution in [-0.2, 0) is 17.9 Å². The van der Waals surface area contributed by atoms with Gasteiger partial charge < -0.3 is 14.6 Å². The molecule has 4 aromatic carbocycles. The fraction of sp³-hybridized carbons (Fsp3) is 0.0625. The largest absolute Gasteiger partial charge is 0.489 e. The highest BCUT2D eigenvalue weighted by atomic mass is 19.1. The number of halogens is 1. The number of ether oxygens (including phenoxy) is 1. The van der Waals surface area contributed by atoms with Gasteiger partial charge in [-0.2, -0.15) is 5.26 Å². The van der Waals surface area contributed by atoms with E-state index >= 15 is 0 Å². The first-order valence-corrected chi connectivity index (χ1v) is 12.1. The van der Waals surface area contributed by atoms with Gasteiger partial charge in [0.2, 0.25) is 0 Å². The third-order valence-electron chi connectivity index (χ3n) is 6.09. The summed E-state index contributed by atoms with van der Waals surface area (Å²) >= 11 is 0. The number of rotatable bonds is 8. The number of benzene rings is 4. The molecule has 1 aromatic heterocycles. The molecule has 0 aliphatic carbocycles. The molecule has 186 valence electrons. The van der Waals surface area contributed by atoms with E-state index in [4.69, 9.17) is 4.74 Å². The maximum atomic E-state index is 13.7. The van der Waals surface area contributed by atoms with E-state index in [1.807, 2.05) is 77.5 Å². The Balaban J connectivity index is 1.32. The minimum absolute atomic E-state index is 0.0249. The second-order valence-electron chi connectivity index (χ2n) is 8.78. The van der Waals surface area contributed by atoms with E-state index in [1.165, 1.54) is 12.1 Å². The summed E-state index contributed by atoms with van der Waals surface area (Å²) in [5.41, 5.74) is 4.06. The summed E-state index contributed by atoms with van der Waals surface area (Å²) in [4.78, 5) is 12.9. The molecule has 38 heavy (non-hydrogen) atoms. The van der Waals surface area contributed by atoms with Crippen LogP contribution in [0.5, 0.6) is 5.75 Å². The van der Waals surface area contributed by atoms with Crippen molar-refractivity contribution in [2.75, 3.05) is 5.32 Å². The second kappa shape index (κ2) is 11.3.